The Labute approximate surface area is 802 Å². The third-order valence-corrected chi connectivity index (χ3v) is 22.9. The Balaban J connectivity index is 0.000000355. The zero-order valence-electron chi connectivity index (χ0n) is 78.4. The van der Waals surface area contributed by atoms with E-state index in [0.717, 1.165) is 18.2 Å². The molecule has 4 aromatic carbocycles. The normalized spacial score (nSPS) is 19.1. The van der Waals surface area contributed by atoms with Crippen LogP contribution in [0.3, 0.4) is 0 Å². The fraction of sp³-hybridized carbons (Fsp3) is 0.525. The topological polar surface area (TPSA) is 535 Å². The quantitative estimate of drug-likeness (QED) is 0.0122. The fourth-order valence-corrected chi connectivity index (χ4v) is 15.2. The number of ether oxygens (including phenoxy) is 20. The first-order chi connectivity index (χ1) is 66.9. The van der Waals surface area contributed by atoms with Crippen LogP contribution in [-0.2, 0) is 129 Å². The van der Waals surface area contributed by atoms with Gasteiger partial charge in [-0.3, -0.25) is 47.9 Å². The first-order valence-corrected chi connectivity index (χ1v) is 46.3. The number of hydrogen-bond donors (Lipinski definition) is 3. The average Bonchev–Trinajstić information content (AvgIpc) is 0.822. The van der Waals surface area contributed by atoms with Crippen molar-refractivity contribution < 1.29 is 192 Å². The van der Waals surface area contributed by atoms with E-state index in [-0.39, 0.29) is 204 Å². The second kappa shape index (κ2) is 61.0. The summed E-state index contributed by atoms with van der Waals surface area (Å²) in [5, 5.41) is 28.9. The molecule has 758 valence electrons. The van der Waals surface area contributed by atoms with Crippen LogP contribution in [0.25, 0.3) is 0 Å². The Morgan fingerprint density at radius 3 is 0.676 bits per heavy atom. The fourth-order valence-electron chi connectivity index (χ4n) is 15.2. The number of phenolic OH excluding ortho intramolecular Hbond substituents is 2. The minimum absolute atomic E-state index is 0.00106. The maximum Gasteiger partial charge on any atom is 0.342 e. The third-order valence-electron chi connectivity index (χ3n) is 22.9. The molecule has 0 saturated heterocycles. The molecule has 9 rings (SSSR count). The molecule has 0 unspecified atom stereocenters. The highest BCUT2D eigenvalue weighted by Crippen LogP contribution is 2.40. The van der Waals surface area contributed by atoms with Gasteiger partial charge in [0.25, 0.3) is 0 Å². The molecule has 0 atom stereocenters. The molecule has 40 nitrogen and oxygen atoms in total. The van der Waals surface area contributed by atoms with Gasteiger partial charge in [0, 0.05) is 44.7 Å². The maximum atomic E-state index is 13.5. The summed E-state index contributed by atoms with van der Waals surface area (Å²) < 4.78 is 105. The molecule has 5 aliphatic carbocycles. The standard InChI is InChI=1S/C56H68O22.C30H36O12.C13H18O6/c1-5-47(57)69-29-31-71-49(59)35-9-13-39(14-10-35)53(63)77-45-23-21-41(33-43(45)55(65)73-27-25-67-7-3)75-51(61)37-17-19-38(20-18-37)52(62)76-42-22-24-46(44(34-42)56(66)74-28-26-68-8-4)78-54(64)40-15-11-36(12-16-40)50(60)72-32-30-70-48(58)6-2;1-3-37-13-15-39-29(35)23-17-21(9-11-25(23)31)41-27(33)19-5-7-20(8-6-19)28(34)42-22-10-12-26(32)24(18-22)30(36)40-16-14-38-4-2;1-2-11(14)18-7-8-19-13(17)10-5-3-9(4-6-10)12(15)16/h5-6,21-24,33-40H,1-2,7-20,25-32H2,3-4H3;9-12,17-20,31-32H,3-8,13-16H2,1-2H3;2,9-10H,1,3-8H2,(H,15,16). The van der Waals surface area contributed by atoms with Gasteiger partial charge in [0.2, 0.25) is 0 Å². The molecule has 0 amide bonds. The number of carbonyl (C=O) groups is 17. The number of carbonyl (C=O) groups excluding carboxylic acids is 16. The van der Waals surface area contributed by atoms with Gasteiger partial charge in [-0.15, -0.1) is 0 Å². The predicted molar refractivity (Wildman–Crippen MR) is 481 cm³/mol. The van der Waals surface area contributed by atoms with Crippen molar-refractivity contribution in [2.24, 2.45) is 59.2 Å². The third kappa shape index (κ3) is 38.8. The van der Waals surface area contributed by atoms with Crippen molar-refractivity contribution in [3.8, 4) is 46.0 Å². The van der Waals surface area contributed by atoms with Gasteiger partial charge in [0.1, 0.15) is 134 Å². The van der Waals surface area contributed by atoms with E-state index in [0.29, 0.717) is 129 Å². The van der Waals surface area contributed by atoms with E-state index < -0.39 is 143 Å². The van der Waals surface area contributed by atoms with E-state index in [1.165, 1.54) is 72.8 Å². The van der Waals surface area contributed by atoms with Crippen LogP contribution in [0, 0.1) is 59.2 Å². The van der Waals surface area contributed by atoms with E-state index in [1.54, 1.807) is 13.8 Å². The van der Waals surface area contributed by atoms with Gasteiger partial charge in [-0.05, 0) is 229 Å². The molecule has 5 fully saturated rings. The lowest BCUT2D eigenvalue weighted by Crippen LogP contribution is -2.31. The first-order valence-electron chi connectivity index (χ1n) is 46.3. The second-order valence-corrected chi connectivity index (χ2v) is 32.2. The summed E-state index contributed by atoms with van der Waals surface area (Å²) in [6, 6.07) is 15.6. The molecule has 0 aromatic heterocycles. The summed E-state index contributed by atoms with van der Waals surface area (Å²) in [5.74, 6) is -16.4. The molecule has 3 N–H and O–H groups in total. The summed E-state index contributed by atoms with van der Waals surface area (Å²) in [5.41, 5.74) is -0.636. The number of esters is 16. The summed E-state index contributed by atoms with van der Waals surface area (Å²) in [4.78, 5) is 211. The minimum Gasteiger partial charge on any atom is -0.507 e. The highest BCUT2D eigenvalue weighted by atomic mass is 16.6. The number of hydrogen-bond acceptors (Lipinski definition) is 39. The molecule has 40 heteroatoms. The monoisotopic (exact) mass is 1950 g/mol. The van der Waals surface area contributed by atoms with Crippen molar-refractivity contribution in [2.45, 2.75) is 156 Å². The van der Waals surface area contributed by atoms with Crippen LogP contribution in [0.4, 0.5) is 0 Å². The van der Waals surface area contributed by atoms with Crippen molar-refractivity contribution in [2.75, 3.05) is 119 Å². The average molecular weight is 1950 g/mol. The number of carboxylic acid groups (broad SMARTS) is 1. The molecular weight excluding hydrogens is 1830 g/mol. The lowest BCUT2D eigenvalue weighted by atomic mass is 9.82. The molecule has 5 saturated carbocycles. The molecular formula is C99H122O40. The molecule has 0 spiro atoms. The van der Waals surface area contributed by atoms with Crippen LogP contribution in [0.5, 0.6) is 46.0 Å². The zero-order valence-corrected chi connectivity index (χ0v) is 78.4. The van der Waals surface area contributed by atoms with Gasteiger partial charge >= 0.3 is 101 Å². The van der Waals surface area contributed by atoms with Crippen molar-refractivity contribution >= 4 is 101 Å². The number of benzene rings is 4. The largest absolute Gasteiger partial charge is 0.507 e. The number of rotatable bonds is 48. The van der Waals surface area contributed by atoms with Gasteiger partial charge in [-0.2, -0.15) is 0 Å². The molecule has 139 heavy (non-hydrogen) atoms. The lowest BCUT2D eigenvalue weighted by molar-refractivity contribution is -0.155. The van der Waals surface area contributed by atoms with Crippen molar-refractivity contribution in [3.63, 3.8) is 0 Å². The van der Waals surface area contributed by atoms with Crippen LogP contribution in [0.2, 0.25) is 0 Å². The van der Waals surface area contributed by atoms with Crippen LogP contribution < -0.4 is 28.4 Å². The SMILES string of the molecule is C=CC(=O)OCCOC(=O)C1CCC(C(=O)O)CC1.C=CC(=O)OCCOC(=O)C1CCC(C(=O)Oc2ccc(OC(=O)C3CCC(C(=O)Oc4ccc(OC(=O)C5CCC(C(=O)OCCOC(=O)C=C)CC5)c(C(=O)OCCOCC)c4)CC3)cc2C(=O)OCCOCC)CC1.CCOCCOC(=O)c1cc(OC(=O)C2CCC(C(=O)Oc3ccc(O)c(C(=O)OCCOCC)c3)CC2)ccc1O. The van der Waals surface area contributed by atoms with Crippen LogP contribution in [0.1, 0.15) is 198 Å². The maximum absolute atomic E-state index is 13.5. The van der Waals surface area contributed by atoms with E-state index in [9.17, 15) is 91.7 Å². The second-order valence-electron chi connectivity index (χ2n) is 32.2. The van der Waals surface area contributed by atoms with Gasteiger partial charge in [0.05, 0.1) is 85.6 Å². The highest BCUT2D eigenvalue weighted by Gasteiger charge is 2.39. The predicted octanol–water partition coefficient (Wildman–Crippen LogP) is 11.3. The molecule has 0 radical (unpaired) electrons. The van der Waals surface area contributed by atoms with Crippen molar-refractivity contribution in [1.82, 2.24) is 0 Å². The van der Waals surface area contributed by atoms with E-state index in [4.69, 9.17) is 95.1 Å². The molecule has 0 aliphatic heterocycles. The Kier molecular flexibility index (Phi) is 49.4. The van der Waals surface area contributed by atoms with Crippen LogP contribution >= 0.6 is 0 Å². The molecule has 0 heterocycles. The summed E-state index contributed by atoms with van der Waals surface area (Å²) in [6.07, 6.45) is 10.2. The molecule has 0 bridgehead atoms. The summed E-state index contributed by atoms with van der Waals surface area (Å²) in [7, 11) is 0. The van der Waals surface area contributed by atoms with Crippen LogP contribution in [0.15, 0.2) is 111 Å². The Morgan fingerprint density at radius 1 is 0.252 bits per heavy atom. The Bertz CT molecular complexity index is 4570. The minimum atomic E-state index is -0.860. The lowest BCUT2D eigenvalue weighted by Gasteiger charge is -2.26. The van der Waals surface area contributed by atoms with E-state index in [1.807, 2.05) is 13.8 Å². The Hall–Kier alpha value is -13.5. The number of aromatic hydroxyl groups is 2. The van der Waals surface area contributed by atoms with Gasteiger partial charge in [0.15, 0.2) is 0 Å². The summed E-state index contributed by atoms with van der Waals surface area (Å²) in [6.45, 7) is 18.7. The summed E-state index contributed by atoms with van der Waals surface area (Å²) >= 11 is 0. The van der Waals surface area contributed by atoms with E-state index in [2.05, 4.69) is 24.5 Å². The van der Waals surface area contributed by atoms with E-state index >= 15 is 0 Å². The first kappa shape index (κ1) is 113. The van der Waals surface area contributed by atoms with Crippen molar-refractivity contribution in [1.29, 1.82) is 0 Å². The van der Waals surface area contributed by atoms with Crippen LogP contribution in [-0.4, -0.2) is 236 Å². The van der Waals surface area contributed by atoms with Crippen molar-refractivity contribution in [3.05, 3.63) is 133 Å². The van der Waals surface area contributed by atoms with Gasteiger partial charge < -0.3 is 110 Å². The Morgan fingerprint density at radius 2 is 0.446 bits per heavy atom. The van der Waals surface area contributed by atoms with Gasteiger partial charge in [-0.1, -0.05) is 19.7 Å². The number of carboxylic acids is 1. The molecule has 5 aliphatic rings. The van der Waals surface area contributed by atoms with Gasteiger partial charge in [-0.25, -0.2) is 33.6 Å². The number of phenols is 2. The highest BCUT2D eigenvalue weighted by molar-refractivity contribution is 5.97. The molecule has 4 aromatic rings. The zero-order chi connectivity index (χ0) is 101. The number of aliphatic carboxylic acids is 1. The smallest absolute Gasteiger partial charge is 0.342 e.